The van der Waals surface area contributed by atoms with Gasteiger partial charge in [-0.1, -0.05) is 0 Å². The van der Waals surface area contributed by atoms with Gasteiger partial charge in [-0.2, -0.15) is 5.10 Å². The Hall–Kier alpha value is -4.73. The van der Waals surface area contributed by atoms with Gasteiger partial charge in [0.1, 0.15) is 23.6 Å². The second-order valence-electron chi connectivity index (χ2n) is 9.78. The maximum Gasteiger partial charge on any atom is 0.266 e. The van der Waals surface area contributed by atoms with Crippen LogP contribution in [-0.2, 0) is 11.3 Å². The fourth-order valence-electron chi connectivity index (χ4n) is 4.89. The Morgan fingerprint density at radius 2 is 1.61 bits per heavy atom. The summed E-state index contributed by atoms with van der Waals surface area (Å²) in [6.07, 6.45) is 3.02. The summed E-state index contributed by atoms with van der Waals surface area (Å²) in [6, 6.07) is 20.5. The van der Waals surface area contributed by atoms with E-state index in [0.717, 1.165) is 60.1 Å². The number of rotatable bonds is 10. The Balaban J connectivity index is 1.12. The Bertz CT molecular complexity index is 1510. The number of carbonyl (C=O) groups is 1. The average molecular weight is 555 g/mol. The Morgan fingerprint density at radius 3 is 2.29 bits per heavy atom. The molecule has 0 atom stereocenters. The van der Waals surface area contributed by atoms with Crippen molar-refractivity contribution in [1.29, 1.82) is 0 Å². The molecular weight excluding hydrogens is 520 g/mol. The van der Waals surface area contributed by atoms with Gasteiger partial charge in [0, 0.05) is 48.8 Å². The van der Waals surface area contributed by atoms with Gasteiger partial charge in [0.15, 0.2) is 0 Å². The molecule has 4 aromatic rings. The second kappa shape index (κ2) is 13.1. The molecule has 0 spiro atoms. The third-order valence-electron chi connectivity index (χ3n) is 7.18. The number of carbonyl (C=O) groups excluding carboxylic acids is 1. The molecule has 0 aliphatic carbocycles. The summed E-state index contributed by atoms with van der Waals surface area (Å²) in [5.41, 5.74) is 3.19. The Labute approximate surface area is 239 Å². The highest BCUT2D eigenvalue weighted by Gasteiger charge is 2.25. The van der Waals surface area contributed by atoms with Crippen LogP contribution in [0.15, 0.2) is 77.9 Å². The van der Waals surface area contributed by atoms with E-state index in [-0.39, 0.29) is 17.4 Å². The molecule has 3 heterocycles. The summed E-state index contributed by atoms with van der Waals surface area (Å²) >= 11 is 0. The summed E-state index contributed by atoms with van der Waals surface area (Å²) in [5, 5.41) is 7.49. The van der Waals surface area contributed by atoms with Crippen LogP contribution in [0.4, 0.5) is 5.82 Å². The first-order valence-electron chi connectivity index (χ1n) is 13.8. The van der Waals surface area contributed by atoms with Crippen LogP contribution >= 0.6 is 0 Å². The van der Waals surface area contributed by atoms with E-state index in [1.807, 2.05) is 61.5 Å². The van der Waals surface area contributed by atoms with Crippen LogP contribution in [0.5, 0.6) is 11.5 Å². The molecule has 2 aromatic carbocycles. The molecular formula is C31H34N6O4. The summed E-state index contributed by atoms with van der Waals surface area (Å²) in [7, 11) is 1.64. The molecule has 0 radical (unpaired) electrons. The first-order valence-corrected chi connectivity index (χ1v) is 13.8. The van der Waals surface area contributed by atoms with Gasteiger partial charge in [-0.05, 0) is 74.4 Å². The van der Waals surface area contributed by atoms with E-state index in [9.17, 15) is 9.59 Å². The van der Waals surface area contributed by atoms with Crippen molar-refractivity contribution in [3.8, 4) is 34.0 Å². The van der Waals surface area contributed by atoms with Crippen molar-refractivity contribution in [2.75, 3.05) is 38.3 Å². The van der Waals surface area contributed by atoms with E-state index < -0.39 is 0 Å². The second-order valence-corrected chi connectivity index (χ2v) is 9.78. The molecule has 10 heteroatoms. The lowest BCUT2D eigenvalue weighted by Gasteiger charge is -2.32. The van der Waals surface area contributed by atoms with E-state index in [0.29, 0.717) is 25.4 Å². The van der Waals surface area contributed by atoms with Crippen LogP contribution in [0.1, 0.15) is 19.8 Å². The monoisotopic (exact) mass is 554 g/mol. The van der Waals surface area contributed by atoms with E-state index in [2.05, 4.69) is 25.3 Å². The summed E-state index contributed by atoms with van der Waals surface area (Å²) < 4.78 is 12.1. The molecule has 5 rings (SSSR count). The van der Waals surface area contributed by atoms with E-state index in [1.165, 1.54) is 10.7 Å². The number of nitrogens with one attached hydrogen (secondary N) is 1. The molecule has 1 aliphatic rings. The maximum absolute atomic E-state index is 12.9. The lowest BCUT2D eigenvalue weighted by Crippen LogP contribution is -2.42. The molecule has 2 aromatic heterocycles. The number of amides is 1. The van der Waals surface area contributed by atoms with E-state index >= 15 is 0 Å². The maximum atomic E-state index is 12.9. The van der Waals surface area contributed by atoms with Crippen LogP contribution in [0.3, 0.4) is 0 Å². The van der Waals surface area contributed by atoms with Crippen molar-refractivity contribution < 1.29 is 14.3 Å². The number of ether oxygens (including phenoxy) is 2. The summed E-state index contributed by atoms with van der Waals surface area (Å²) in [4.78, 5) is 36.4. The van der Waals surface area contributed by atoms with Gasteiger partial charge in [-0.25, -0.2) is 14.6 Å². The van der Waals surface area contributed by atoms with Crippen molar-refractivity contribution in [3.05, 3.63) is 83.4 Å². The number of anilines is 1. The minimum Gasteiger partial charge on any atom is -0.497 e. The fraction of sp³-hybridized carbons (Fsp3) is 0.323. The smallest absolute Gasteiger partial charge is 0.266 e. The zero-order valence-corrected chi connectivity index (χ0v) is 23.3. The van der Waals surface area contributed by atoms with Crippen LogP contribution in [-0.4, -0.2) is 59.0 Å². The number of hydrogen-bond acceptors (Lipinski definition) is 8. The highest BCUT2D eigenvalue weighted by atomic mass is 16.5. The van der Waals surface area contributed by atoms with Gasteiger partial charge in [0.25, 0.3) is 5.56 Å². The molecule has 1 aliphatic heterocycles. The molecule has 1 amide bonds. The molecule has 10 nitrogen and oxygen atoms in total. The summed E-state index contributed by atoms with van der Waals surface area (Å²) in [5.74, 6) is 2.34. The van der Waals surface area contributed by atoms with Crippen molar-refractivity contribution in [1.82, 2.24) is 25.1 Å². The highest BCUT2D eigenvalue weighted by Crippen LogP contribution is 2.26. The number of piperidine rings is 1. The lowest BCUT2D eigenvalue weighted by molar-refractivity contribution is -0.125. The van der Waals surface area contributed by atoms with Crippen LogP contribution in [0, 0.1) is 5.92 Å². The Morgan fingerprint density at radius 1 is 0.927 bits per heavy atom. The molecule has 41 heavy (non-hydrogen) atoms. The van der Waals surface area contributed by atoms with E-state index in [4.69, 9.17) is 9.47 Å². The summed E-state index contributed by atoms with van der Waals surface area (Å²) in [6.45, 7) is 4.61. The first-order chi connectivity index (χ1) is 20.0. The predicted octanol–water partition coefficient (Wildman–Crippen LogP) is 3.81. The van der Waals surface area contributed by atoms with E-state index in [1.54, 1.807) is 19.5 Å². The average Bonchev–Trinajstić information content (AvgIpc) is 3.02. The molecule has 212 valence electrons. The zero-order valence-electron chi connectivity index (χ0n) is 23.3. The minimum atomic E-state index is -0.207. The number of nitrogens with zero attached hydrogens (tertiary/aromatic N) is 5. The standard InChI is InChI=1S/C31H34N6O4/c1-3-41-26-10-6-22(7-11-26)27-12-13-30(38)37(35-27)19-16-32-31(39)24-14-17-36(18-15-24)29-20-28(33-21-34-29)23-4-8-25(40-2)9-5-23/h4-13,20-21,24H,3,14-19H2,1-2H3,(H,32,39). The number of methoxy groups -OCH3 is 1. The van der Waals surface area contributed by atoms with Gasteiger partial charge >= 0.3 is 0 Å². The first kappa shape index (κ1) is 27.8. The van der Waals surface area contributed by atoms with Crippen LogP contribution in [0.2, 0.25) is 0 Å². The largest absolute Gasteiger partial charge is 0.497 e. The third-order valence-corrected chi connectivity index (χ3v) is 7.18. The highest BCUT2D eigenvalue weighted by molar-refractivity contribution is 5.79. The topological polar surface area (TPSA) is 111 Å². The van der Waals surface area contributed by atoms with Gasteiger partial charge in [-0.15, -0.1) is 0 Å². The molecule has 0 unspecified atom stereocenters. The minimum absolute atomic E-state index is 0.00183. The van der Waals surface area contributed by atoms with Crippen LogP contribution in [0.25, 0.3) is 22.5 Å². The van der Waals surface area contributed by atoms with Crippen LogP contribution < -0.4 is 25.2 Å². The molecule has 1 saturated heterocycles. The Kier molecular flexibility index (Phi) is 8.88. The molecule has 0 saturated carbocycles. The molecule has 1 N–H and O–H groups in total. The number of benzene rings is 2. The van der Waals surface area contributed by atoms with Crippen molar-refractivity contribution >= 4 is 11.7 Å². The van der Waals surface area contributed by atoms with Gasteiger partial charge in [0.2, 0.25) is 5.91 Å². The van der Waals surface area contributed by atoms with Crippen molar-refractivity contribution in [3.63, 3.8) is 0 Å². The lowest BCUT2D eigenvalue weighted by atomic mass is 9.96. The quantitative estimate of drug-likeness (QED) is 0.315. The predicted molar refractivity (Wildman–Crippen MR) is 157 cm³/mol. The normalized spacial score (nSPS) is 13.6. The van der Waals surface area contributed by atoms with Gasteiger partial charge < -0.3 is 19.7 Å². The van der Waals surface area contributed by atoms with Gasteiger partial charge in [0.05, 0.1) is 31.6 Å². The SMILES string of the molecule is CCOc1ccc(-c2ccc(=O)n(CCNC(=O)C3CCN(c4cc(-c5ccc(OC)cc5)ncn4)CC3)n2)cc1. The van der Waals surface area contributed by atoms with Gasteiger partial charge in [-0.3, -0.25) is 9.59 Å². The number of aromatic nitrogens is 4. The third kappa shape index (κ3) is 6.89. The molecule has 1 fully saturated rings. The zero-order chi connectivity index (χ0) is 28.6. The molecule has 0 bridgehead atoms. The number of hydrogen-bond donors (Lipinski definition) is 1. The fourth-order valence-corrected chi connectivity index (χ4v) is 4.89. The van der Waals surface area contributed by atoms with Crippen molar-refractivity contribution in [2.24, 2.45) is 5.92 Å². The van der Waals surface area contributed by atoms with Crippen molar-refractivity contribution in [2.45, 2.75) is 26.3 Å².